The van der Waals surface area contributed by atoms with E-state index < -0.39 is 11.4 Å². The zero-order chi connectivity index (χ0) is 17.5. The molecule has 0 spiro atoms. The van der Waals surface area contributed by atoms with Crippen molar-refractivity contribution in [3.05, 3.63) is 28.8 Å². The van der Waals surface area contributed by atoms with Gasteiger partial charge in [-0.05, 0) is 57.4 Å². The molecule has 2 N–H and O–H groups in total. The molecule has 23 heavy (non-hydrogen) atoms. The van der Waals surface area contributed by atoms with Crippen LogP contribution in [-0.4, -0.2) is 30.1 Å². The fourth-order valence-corrected chi connectivity index (χ4v) is 1.96. The van der Waals surface area contributed by atoms with Crippen molar-refractivity contribution < 1.29 is 19.4 Å². The van der Waals surface area contributed by atoms with Crippen LogP contribution in [0, 0.1) is 12.3 Å². The summed E-state index contributed by atoms with van der Waals surface area (Å²) in [6, 6.07) is 5.43. The molecule has 1 amide bonds. The van der Waals surface area contributed by atoms with Gasteiger partial charge in [0.15, 0.2) is 0 Å². The second-order valence-corrected chi connectivity index (χ2v) is 6.56. The number of halogens is 1. The number of carboxylic acid groups (broad SMARTS) is 1. The molecule has 0 unspecified atom stereocenters. The lowest BCUT2D eigenvalue weighted by molar-refractivity contribution is -0.147. The Morgan fingerprint density at radius 1 is 1.35 bits per heavy atom. The standard InChI is InChI=1S/C17H24ClNO4/c1-12-11-13(6-7-14(12)18)23-10-4-5-15(20)19-9-8-17(2,3)16(21)22/h6-7,11H,4-5,8-10H2,1-3H3,(H,19,20)(H,21,22). The summed E-state index contributed by atoms with van der Waals surface area (Å²) in [6.07, 6.45) is 1.34. The number of rotatable bonds is 9. The lowest BCUT2D eigenvalue weighted by atomic mass is 9.90. The number of carboxylic acids is 1. The molecule has 1 rings (SSSR count). The second-order valence-electron chi connectivity index (χ2n) is 6.15. The third-order valence-corrected chi connectivity index (χ3v) is 4.02. The Morgan fingerprint density at radius 2 is 2.04 bits per heavy atom. The number of carbonyl (C=O) groups is 2. The van der Waals surface area contributed by atoms with Gasteiger partial charge in [0.1, 0.15) is 5.75 Å². The number of ether oxygens (including phenoxy) is 1. The quantitative estimate of drug-likeness (QED) is 0.675. The number of aryl methyl sites for hydroxylation is 1. The zero-order valence-electron chi connectivity index (χ0n) is 13.8. The van der Waals surface area contributed by atoms with E-state index in [4.69, 9.17) is 21.4 Å². The molecular formula is C17H24ClNO4. The maximum atomic E-state index is 11.7. The highest BCUT2D eigenvalue weighted by atomic mass is 35.5. The average molecular weight is 342 g/mol. The van der Waals surface area contributed by atoms with Crippen molar-refractivity contribution in [2.24, 2.45) is 5.41 Å². The van der Waals surface area contributed by atoms with Gasteiger partial charge in [-0.1, -0.05) is 11.6 Å². The van der Waals surface area contributed by atoms with Gasteiger partial charge >= 0.3 is 5.97 Å². The number of hydrogen-bond donors (Lipinski definition) is 2. The van der Waals surface area contributed by atoms with Crippen molar-refractivity contribution in [2.75, 3.05) is 13.2 Å². The molecule has 0 radical (unpaired) electrons. The molecule has 0 aliphatic rings. The highest BCUT2D eigenvalue weighted by Gasteiger charge is 2.26. The van der Waals surface area contributed by atoms with Gasteiger partial charge in [0.25, 0.3) is 0 Å². The van der Waals surface area contributed by atoms with Crippen LogP contribution in [0.4, 0.5) is 0 Å². The molecule has 0 bridgehead atoms. The maximum absolute atomic E-state index is 11.7. The first-order chi connectivity index (χ1) is 10.7. The average Bonchev–Trinajstić information content (AvgIpc) is 2.47. The number of aliphatic carboxylic acids is 1. The highest BCUT2D eigenvalue weighted by Crippen LogP contribution is 2.21. The van der Waals surface area contributed by atoms with Crippen LogP contribution in [0.3, 0.4) is 0 Å². The van der Waals surface area contributed by atoms with Gasteiger partial charge in [0.05, 0.1) is 12.0 Å². The van der Waals surface area contributed by atoms with Crippen LogP contribution in [0.1, 0.15) is 38.7 Å². The van der Waals surface area contributed by atoms with E-state index in [1.165, 1.54) is 0 Å². The van der Waals surface area contributed by atoms with E-state index in [1.807, 2.05) is 13.0 Å². The lowest BCUT2D eigenvalue weighted by Gasteiger charge is -2.18. The van der Waals surface area contributed by atoms with Gasteiger partial charge in [-0.25, -0.2) is 0 Å². The molecule has 0 aromatic heterocycles. The summed E-state index contributed by atoms with van der Waals surface area (Å²) in [5.41, 5.74) is 0.117. The van der Waals surface area contributed by atoms with E-state index in [2.05, 4.69) is 5.32 Å². The predicted octanol–water partition coefficient (Wildman–Crippen LogP) is 3.42. The Hall–Kier alpha value is -1.75. The SMILES string of the molecule is Cc1cc(OCCCC(=O)NCCC(C)(C)C(=O)O)ccc1Cl. The van der Waals surface area contributed by atoms with Crippen molar-refractivity contribution in [1.29, 1.82) is 0 Å². The van der Waals surface area contributed by atoms with Crippen LogP contribution >= 0.6 is 11.6 Å². The van der Waals surface area contributed by atoms with Crippen molar-refractivity contribution in [3.63, 3.8) is 0 Å². The van der Waals surface area contributed by atoms with Crippen LogP contribution in [0.5, 0.6) is 5.75 Å². The molecule has 5 nitrogen and oxygen atoms in total. The fourth-order valence-electron chi connectivity index (χ4n) is 1.84. The topological polar surface area (TPSA) is 75.6 Å². The smallest absolute Gasteiger partial charge is 0.309 e. The third kappa shape index (κ3) is 6.91. The Bertz CT molecular complexity index is 558. The lowest BCUT2D eigenvalue weighted by Crippen LogP contribution is -2.31. The fraction of sp³-hybridized carbons (Fsp3) is 0.529. The highest BCUT2D eigenvalue weighted by molar-refractivity contribution is 6.31. The number of benzene rings is 1. The van der Waals surface area contributed by atoms with Crippen LogP contribution < -0.4 is 10.1 Å². The molecule has 1 aromatic rings. The summed E-state index contributed by atoms with van der Waals surface area (Å²) >= 11 is 5.94. The van der Waals surface area contributed by atoms with E-state index in [0.29, 0.717) is 37.4 Å². The maximum Gasteiger partial charge on any atom is 0.309 e. The summed E-state index contributed by atoms with van der Waals surface area (Å²) in [5, 5.41) is 12.4. The minimum absolute atomic E-state index is 0.0953. The van der Waals surface area contributed by atoms with Crippen molar-refractivity contribution in [1.82, 2.24) is 5.32 Å². The molecule has 0 aliphatic carbocycles. The first-order valence-electron chi connectivity index (χ1n) is 7.61. The van der Waals surface area contributed by atoms with Gasteiger partial charge in [0, 0.05) is 18.0 Å². The van der Waals surface area contributed by atoms with Gasteiger partial charge in [-0.3, -0.25) is 9.59 Å². The third-order valence-electron chi connectivity index (χ3n) is 3.60. The van der Waals surface area contributed by atoms with Gasteiger partial charge in [-0.15, -0.1) is 0 Å². The van der Waals surface area contributed by atoms with Crippen LogP contribution in [0.15, 0.2) is 18.2 Å². The molecule has 0 aliphatic heterocycles. The Balaban J connectivity index is 2.19. The van der Waals surface area contributed by atoms with E-state index in [-0.39, 0.29) is 5.91 Å². The van der Waals surface area contributed by atoms with Gasteiger partial charge < -0.3 is 15.2 Å². The first kappa shape index (κ1) is 19.3. The summed E-state index contributed by atoms with van der Waals surface area (Å²) in [7, 11) is 0. The first-order valence-corrected chi connectivity index (χ1v) is 7.99. The molecule has 128 valence electrons. The number of carbonyl (C=O) groups excluding carboxylic acids is 1. The Kier molecular flexibility index (Phi) is 7.36. The minimum Gasteiger partial charge on any atom is -0.494 e. The summed E-state index contributed by atoms with van der Waals surface area (Å²) in [5.74, 6) is -0.226. The van der Waals surface area contributed by atoms with Gasteiger partial charge in [-0.2, -0.15) is 0 Å². The monoisotopic (exact) mass is 341 g/mol. The normalized spacial score (nSPS) is 11.1. The van der Waals surface area contributed by atoms with Crippen LogP contribution in [-0.2, 0) is 9.59 Å². The number of nitrogens with one attached hydrogen (secondary N) is 1. The molecule has 0 atom stereocenters. The van der Waals surface area contributed by atoms with E-state index in [0.717, 1.165) is 11.3 Å². The predicted molar refractivity (Wildman–Crippen MR) is 90.0 cm³/mol. The molecule has 0 saturated carbocycles. The van der Waals surface area contributed by atoms with E-state index in [1.54, 1.807) is 26.0 Å². The molecule has 1 aromatic carbocycles. The van der Waals surface area contributed by atoms with Crippen molar-refractivity contribution in [2.45, 2.75) is 40.0 Å². The Morgan fingerprint density at radius 3 is 2.65 bits per heavy atom. The number of hydrogen-bond acceptors (Lipinski definition) is 3. The zero-order valence-corrected chi connectivity index (χ0v) is 14.6. The van der Waals surface area contributed by atoms with Crippen molar-refractivity contribution in [3.8, 4) is 5.75 Å². The second kappa shape index (κ2) is 8.77. The molecule has 0 fully saturated rings. The van der Waals surface area contributed by atoms with Crippen LogP contribution in [0.25, 0.3) is 0 Å². The summed E-state index contributed by atoms with van der Waals surface area (Å²) in [4.78, 5) is 22.6. The molecular weight excluding hydrogens is 318 g/mol. The van der Waals surface area contributed by atoms with E-state index >= 15 is 0 Å². The molecule has 0 saturated heterocycles. The number of amides is 1. The van der Waals surface area contributed by atoms with E-state index in [9.17, 15) is 9.59 Å². The summed E-state index contributed by atoms with van der Waals surface area (Å²) < 4.78 is 5.57. The van der Waals surface area contributed by atoms with Gasteiger partial charge in [0.2, 0.25) is 5.91 Å². The largest absolute Gasteiger partial charge is 0.494 e. The molecule has 6 heteroatoms. The minimum atomic E-state index is -0.863. The Labute approximate surface area is 142 Å². The van der Waals surface area contributed by atoms with Crippen molar-refractivity contribution >= 4 is 23.5 Å². The summed E-state index contributed by atoms with van der Waals surface area (Å²) in [6.45, 7) is 5.98. The molecule has 0 heterocycles. The van der Waals surface area contributed by atoms with Crippen LogP contribution in [0.2, 0.25) is 5.02 Å².